The van der Waals surface area contributed by atoms with Crippen LogP contribution in [-0.2, 0) is 6.54 Å². The van der Waals surface area contributed by atoms with Gasteiger partial charge in [0, 0.05) is 25.6 Å². The summed E-state index contributed by atoms with van der Waals surface area (Å²) < 4.78 is 0. The molecule has 1 aliphatic rings. The SMILES string of the molecule is CNCc1nc(C(C)C)ncc1N(C)C1CC1. The van der Waals surface area contributed by atoms with Crippen LogP contribution in [0.3, 0.4) is 0 Å². The van der Waals surface area contributed by atoms with Crippen LogP contribution in [0.25, 0.3) is 0 Å². The highest BCUT2D eigenvalue weighted by Gasteiger charge is 2.28. The molecule has 0 saturated heterocycles. The zero-order chi connectivity index (χ0) is 12.4. The lowest BCUT2D eigenvalue weighted by Gasteiger charge is -2.21. The van der Waals surface area contributed by atoms with Gasteiger partial charge in [-0.15, -0.1) is 0 Å². The molecule has 2 rings (SSSR count). The topological polar surface area (TPSA) is 41.1 Å². The minimum atomic E-state index is 0.380. The summed E-state index contributed by atoms with van der Waals surface area (Å²) in [4.78, 5) is 11.5. The van der Waals surface area contributed by atoms with Crippen molar-refractivity contribution >= 4 is 5.69 Å². The van der Waals surface area contributed by atoms with Crippen LogP contribution in [0.2, 0.25) is 0 Å². The second-order valence-electron chi connectivity index (χ2n) is 5.09. The second-order valence-corrected chi connectivity index (χ2v) is 5.09. The largest absolute Gasteiger partial charge is 0.369 e. The Morgan fingerprint density at radius 1 is 1.47 bits per heavy atom. The minimum absolute atomic E-state index is 0.380. The normalized spacial score (nSPS) is 15.4. The van der Waals surface area contributed by atoms with E-state index in [1.54, 1.807) is 0 Å². The Labute approximate surface area is 103 Å². The van der Waals surface area contributed by atoms with Gasteiger partial charge in [-0.05, 0) is 19.9 Å². The zero-order valence-corrected chi connectivity index (χ0v) is 11.2. The van der Waals surface area contributed by atoms with E-state index in [9.17, 15) is 0 Å². The van der Waals surface area contributed by atoms with E-state index in [1.165, 1.54) is 18.5 Å². The number of aromatic nitrogens is 2. The highest BCUT2D eigenvalue weighted by Crippen LogP contribution is 2.31. The predicted octanol–water partition coefficient (Wildman–Crippen LogP) is 1.92. The van der Waals surface area contributed by atoms with Crippen molar-refractivity contribution in [2.24, 2.45) is 0 Å². The van der Waals surface area contributed by atoms with Gasteiger partial charge in [0.15, 0.2) is 0 Å². The molecule has 1 aliphatic carbocycles. The molecule has 0 radical (unpaired) electrons. The number of anilines is 1. The van der Waals surface area contributed by atoms with Gasteiger partial charge in [0.05, 0.1) is 17.6 Å². The molecular formula is C13H22N4. The Hall–Kier alpha value is -1.16. The van der Waals surface area contributed by atoms with Gasteiger partial charge >= 0.3 is 0 Å². The number of hydrogen-bond acceptors (Lipinski definition) is 4. The van der Waals surface area contributed by atoms with Crippen molar-refractivity contribution in [2.75, 3.05) is 19.0 Å². The zero-order valence-electron chi connectivity index (χ0n) is 11.2. The molecule has 1 saturated carbocycles. The van der Waals surface area contributed by atoms with E-state index in [-0.39, 0.29) is 0 Å². The lowest BCUT2D eigenvalue weighted by Crippen LogP contribution is -2.24. The number of nitrogens with one attached hydrogen (secondary N) is 1. The van der Waals surface area contributed by atoms with Crippen molar-refractivity contribution in [3.8, 4) is 0 Å². The fourth-order valence-corrected chi connectivity index (χ4v) is 1.96. The summed E-state index contributed by atoms with van der Waals surface area (Å²) >= 11 is 0. The average Bonchev–Trinajstić information content (AvgIpc) is 3.12. The second kappa shape index (κ2) is 5.00. The monoisotopic (exact) mass is 234 g/mol. The molecule has 1 aromatic rings. The lowest BCUT2D eigenvalue weighted by atomic mass is 10.2. The fraction of sp³-hybridized carbons (Fsp3) is 0.692. The minimum Gasteiger partial charge on any atom is -0.369 e. The molecule has 17 heavy (non-hydrogen) atoms. The summed E-state index contributed by atoms with van der Waals surface area (Å²) in [6.07, 6.45) is 4.57. The van der Waals surface area contributed by atoms with Crippen LogP contribution in [-0.4, -0.2) is 30.1 Å². The Balaban J connectivity index is 2.29. The summed E-state index contributed by atoms with van der Waals surface area (Å²) in [5.74, 6) is 1.31. The van der Waals surface area contributed by atoms with Crippen LogP contribution in [0.4, 0.5) is 5.69 Å². The van der Waals surface area contributed by atoms with Crippen molar-refractivity contribution in [1.82, 2.24) is 15.3 Å². The molecular weight excluding hydrogens is 212 g/mol. The predicted molar refractivity (Wildman–Crippen MR) is 70.3 cm³/mol. The van der Waals surface area contributed by atoms with Gasteiger partial charge in [0.2, 0.25) is 0 Å². The van der Waals surface area contributed by atoms with Gasteiger partial charge in [-0.3, -0.25) is 0 Å². The quantitative estimate of drug-likeness (QED) is 0.845. The van der Waals surface area contributed by atoms with Crippen molar-refractivity contribution < 1.29 is 0 Å². The van der Waals surface area contributed by atoms with Gasteiger partial charge in [0.1, 0.15) is 5.82 Å². The van der Waals surface area contributed by atoms with Crippen molar-refractivity contribution in [3.63, 3.8) is 0 Å². The highest BCUT2D eigenvalue weighted by molar-refractivity contribution is 5.50. The third kappa shape index (κ3) is 2.75. The first kappa shape index (κ1) is 12.3. The number of hydrogen-bond donors (Lipinski definition) is 1. The molecule has 4 nitrogen and oxygen atoms in total. The third-order valence-electron chi connectivity index (χ3n) is 3.20. The van der Waals surface area contributed by atoms with E-state index in [0.717, 1.165) is 18.1 Å². The summed E-state index contributed by atoms with van der Waals surface area (Å²) in [7, 11) is 4.10. The molecule has 0 atom stereocenters. The molecule has 0 aromatic carbocycles. The summed E-state index contributed by atoms with van der Waals surface area (Å²) in [6.45, 7) is 5.06. The van der Waals surface area contributed by atoms with Crippen LogP contribution < -0.4 is 10.2 Å². The Bertz CT molecular complexity index is 385. The first-order valence-corrected chi connectivity index (χ1v) is 6.36. The Morgan fingerprint density at radius 2 is 2.18 bits per heavy atom. The summed E-state index contributed by atoms with van der Waals surface area (Å²) in [5, 5.41) is 3.19. The third-order valence-corrected chi connectivity index (χ3v) is 3.20. The van der Waals surface area contributed by atoms with E-state index in [1.807, 2.05) is 13.2 Å². The first-order valence-electron chi connectivity index (χ1n) is 6.36. The first-order chi connectivity index (χ1) is 8.13. The van der Waals surface area contributed by atoms with Crippen LogP contribution in [0.5, 0.6) is 0 Å². The Kier molecular flexibility index (Phi) is 3.62. The maximum atomic E-state index is 4.68. The van der Waals surface area contributed by atoms with Crippen LogP contribution in [0.15, 0.2) is 6.20 Å². The molecule has 0 spiro atoms. The van der Waals surface area contributed by atoms with E-state index in [0.29, 0.717) is 12.0 Å². The standard InChI is InChI=1S/C13H22N4/c1-9(2)13-15-8-12(11(16-13)7-14-3)17(4)10-5-6-10/h8-10,14H,5-7H2,1-4H3. The number of nitrogens with zero attached hydrogens (tertiary/aromatic N) is 3. The Morgan fingerprint density at radius 3 is 2.71 bits per heavy atom. The smallest absolute Gasteiger partial charge is 0.131 e. The van der Waals surface area contributed by atoms with E-state index >= 15 is 0 Å². The van der Waals surface area contributed by atoms with E-state index < -0.39 is 0 Å². The van der Waals surface area contributed by atoms with Gasteiger partial charge in [-0.2, -0.15) is 0 Å². The van der Waals surface area contributed by atoms with Crippen molar-refractivity contribution in [2.45, 2.75) is 45.2 Å². The summed E-state index contributed by atoms with van der Waals surface area (Å²) in [6, 6.07) is 0.694. The van der Waals surface area contributed by atoms with Crippen LogP contribution in [0, 0.1) is 0 Å². The lowest BCUT2D eigenvalue weighted by molar-refractivity contribution is 0.719. The van der Waals surface area contributed by atoms with Crippen LogP contribution >= 0.6 is 0 Å². The van der Waals surface area contributed by atoms with E-state index in [2.05, 4.69) is 41.1 Å². The maximum Gasteiger partial charge on any atom is 0.131 e. The average molecular weight is 234 g/mol. The van der Waals surface area contributed by atoms with E-state index in [4.69, 9.17) is 0 Å². The molecule has 1 fully saturated rings. The van der Waals surface area contributed by atoms with Crippen LogP contribution in [0.1, 0.15) is 44.1 Å². The molecule has 0 bridgehead atoms. The fourth-order valence-electron chi connectivity index (χ4n) is 1.96. The van der Waals surface area contributed by atoms with Crippen molar-refractivity contribution in [3.05, 3.63) is 17.7 Å². The van der Waals surface area contributed by atoms with Crippen molar-refractivity contribution in [1.29, 1.82) is 0 Å². The molecule has 4 heteroatoms. The molecule has 94 valence electrons. The van der Waals surface area contributed by atoms with Gasteiger partial charge in [-0.25, -0.2) is 9.97 Å². The van der Waals surface area contributed by atoms with Gasteiger partial charge in [-0.1, -0.05) is 13.8 Å². The number of rotatable bonds is 5. The molecule has 1 aromatic heterocycles. The summed E-state index contributed by atoms with van der Waals surface area (Å²) in [5.41, 5.74) is 2.28. The molecule has 1 heterocycles. The highest BCUT2D eigenvalue weighted by atomic mass is 15.2. The molecule has 0 aliphatic heterocycles. The molecule has 1 N–H and O–H groups in total. The molecule has 0 amide bonds. The van der Waals surface area contributed by atoms with Gasteiger partial charge in [0.25, 0.3) is 0 Å². The van der Waals surface area contributed by atoms with Gasteiger partial charge < -0.3 is 10.2 Å². The maximum absolute atomic E-state index is 4.68. The molecule has 0 unspecified atom stereocenters.